The number of rotatable bonds is 3. The van der Waals surface area contributed by atoms with Crippen LogP contribution in [0.4, 0.5) is 5.69 Å². The lowest BCUT2D eigenvalue weighted by Crippen LogP contribution is -2.34. The first-order valence-electron chi connectivity index (χ1n) is 6.14. The number of hydrogen-bond donors (Lipinski definition) is 1. The second kappa shape index (κ2) is 4.61. The molecule has 2 unspecified atom stereocenters. The molecule has 0 amide bonds. The SMILES string of the molecule is CC(N)C(=O)c1ccc2c(c1)CC(C)N2S(C)(=O)=O. The first-order chi connectivity index (χ1) is 8.71. The molecular weight excluding hydrogens is 264 g/mol. The molecule has 6 heteroatoms. The van der Waals surface area contributed by atoms with Crippen LogP contribution in [-0.4, -0.2) is 32.5 Å². The maximum Gasteiger partial charge on any atom is 0.232 e. The standard InChI is InChI=1S/C13H18N2O3S/c1-8-6-11-7-10(13(16)9(2)14)4-5-12(11)15(8)19(3,17)18/h4-5,7-9H,6,14H2,1-3H3. The molecule has 2 atom stereocenters. The normalized spacial score (nSPS) is 20.2. The Bertz CT molecular complexity index is 623. The number of nitrogens with two attached hydrogens (primary N) is 1. The molecule has 1 aliphatic rings. The number of sulfonamides is 1. The highest BCUT2D eigenvalue weighted by Gasteiger charge is 2.32. The minimum atomic E-state index is -3.29. The molecule has 0 aliphatic carbocycles. The average Bonchev–Trinajstić information content (AvgIpc) is 2.61. The van der Waals surface area contributed by atoms with Crippen LogP contribution in [0.25, 0.3) is 0 Å². The Morgan fingerprint density at radius 1 is 1.47 bits per heavy atom. The smallest absolute Gasteiger partial charge is 0.232 e. The molecule has 0 aromatic heterocycles. The summed E-state index contributed by atoms with van der Waals surface area (Å²) in [6.07, 6.45) is 1.81. The largest absolute Gasteiger partial charge is 0.321 e. The van der Waals surface area contributed by atoms with Crippen LogP contribution in [-0.2, 0) is 16.4 Å². The van der Waals surface area contributed by atoms with Crippen LogP contribution >= 0.6 is 0 Å². The van der Waals surface area contributed by atoms with Crippen molar-refractivity contribution in [2.24, 2.45) is 5.73 Å². The highest BCUT2D eigenvalue weighted by molar-refractivity contribution is 7.92. The number of hydrogen-bond acceptors (Lipinski definition) is 4. The summed E-state index contributed by atoms with van der Waals surface area (Å²) in [5.74, 6) is -0.131. The zero-order chi connectivity index (χ0) is 14.4. The Morgan fingerprint density at radius 3 is 2.63 bits per heavy atom. The third-order valence-electron chi connectivity index (χ3n) is 3.29. The maximum atomic E-state index is 11.8. The number of ketones is 1. The van der Waals surface area contributed by atoms with Crippen LogP contribution < -0.4 is 10.0 Å². The van der Waals surface area contributed by atoms with Crippen molar-refractivity contribution in [3.63, 3.8) is 0 Å². The van der Waals surface area contributed by atoms with E-state index in [4.69, 9.17) is 5.73 Å². The molecule has 0 spiro atoms. The molecule has 0 fully saturated rings. The summed E-state index contributed by atoms with van der Waals surface area (Å²) in [4.78, 5) is 11.8. The molecule has 104 valence electrons. The predicted molar refractivity (Wildman–Crippen MR) is 74.9 cm³/mol. The van der Waals surface area contributed by atoms with E-state index in [1.165, 1.54) is 10.6 Å². The minimum absolute atomic E-state index is 0.120. The van der Waals surface area contributed by atoms with E-state index in [0.717, 1.165) is 5.56 Å². The van der Waals surface area contributed by atoms with E-state index < -0.39 is 16.1 Å². The fraction of sp³-hybridized carbons (Fsp3) is 0.462. The molecule has 1 aromatic carbocycles. The number of carbonyl (C=O) groups is 1. The van der Waals surface area contributed by atoms with Gasteiger partial charge in [0.2, 0.25) is 10.0 Å². The van der Waals surface area contributed by atoms with Crippen molar-refractivity contribution in [2.75, 3.05) is 10.6 Å². The topological polar surface area (TPSA) is 80.5 Å². The predicted octanol–water partition coefficient (Wildman–Crippen LogP) is 0.927. The van der Waals surface area contributed by atoms with E-state index >= 15 is 0 Å². The summed E-state index contributed by atoms with van der Waals surface area (Å²) in [5.41, 5.74) is 7.66. The van der Waals surface area contributed by atoms with Gasteiger partial charge in [-0.1, -0.05) is 0 Å². The molecule has 1 aliphatic heterocycles. The van der Waals surface area contributed by atoms with E-state index in [1.807, 2.05) is 6.92 Å². The van der Waals surface area contributed by atoms with Gasteiger partial charge in [-0.05, 0) is 44.0 Å². The number of carbonyl (C=O) groups excluding carboxylic acids is 1. The van der Waals surface area contributed by atoms with Crippen molar-refractivity contribution in [1.29, 1.82) is 0 Å². The lowest BCUT2D eigenvalue weighted by atomic mass is 10.0. The summed E-state index contributed by atoms with van der Waals surface area (Å²) in [6, 6.07) is 4.41. The van der Waals surface area contributed by atoms with Gasteiger partial charge in [0.15, 0.2) is 5.78 Å². The van der Waals surface area contributed by atoms with Gasteiger partial charge in [0.1, 0.15) is 0 Å². The average molecular weight is 282 g/mol. The summed E-state index contributed by atoms with van der Waals surface area (Å²) in [5, 5.41) is 0. The van der Waals surface area contributed by atoms with Gasteiger partial charge >= 0.3 is 0 Å². The molecule has 5 nitrogen and oxygen atoms in total. The summed E-state index contributed by atoms with van der Waals surface area (Å²) >= 11 is 0. The van der Waals surface area contributed by atoms with Crippen molar-refractivity contribution in [3.05, 3.63) is 29.3 Å². The van der Waals surface area contributed by atoms with E-state index in [0.29, 0.717) is 17.7 Å². The first kappa shape index (κ1) is 14.0. The Morgan fingerprint density at radius 2 is 2.11 bits per heavy atom. The van der Waals surface area contributed by atoms with Crippen molar-refractivity contribution in [1.82, 2.24) is 0 Å². The molecular formula is C13H18N2O3S. The molecule has 0 saturated carbocycles. The third-order valence-corrected chi connectivity index (χ3v) is 4.56. The summed E-state index contributed by atoms with van der Waals surface area (Å²) < 4.78 is 25.0. The van der Waals surface area contributed by atoms with Crippen LogP contribution in [0.3, 0.4) is 0 Å². The lowest BCUT2D eigenvalue weighted by molar-refractivity contribution is 0.0968. The highest BCUT2D eigenvalue weighted by atomic mass is 32.2. The zero-order valence-electron chi connectivity index (χ0n) is 11.3. The molecule has 19 heavy (non-hydrogen) atoms. The summed E-state index contributed by atoms with van der Waals surface area (Å²) in [6.45, 7) is 3.50. The number of fused-ring (bicyclic) bond motifs is 1. The van der Waals surface area contributed by atoms with E-state index in [1.54, 1.807) is 25.1 Å². The molecule has 1 aromatic rings. The van der Waals surface area contributed by atoms with Gasteiger partial charge in [0.25, 0.3) is 0 Å². The van der Waals surface area contributed by atoms with Gasteiger partial charge in [-0.25, -0.2) is 8.42 Å². The minimum Gasteiger partial charge on any atom is -0.321 e. The van der Waals surface area contributed by atoms with E-state index in [9.17, 15) is 13.2 Å². The quantitative estimate of drug-likeness (QED) is 0.836. The van der Waals surface area contributed by atoms with Crippen LogP contribution in [0.2, 0.25) is 0 Å². The number of benzene rings is 1. The first-order valence-corrected chi connectivity index (χ1v) is 7.98. The lowest BCUT2D eigenvalue weighted by Gasteiger charge is -2.22. The maximum absolute atomic E-state index is 11.8. The van der Waals surface area contributed by atoms with Gasteiger partial charge in [0, 0.05) is 11.6 Å². The fourth-order valence-corrected chi connectivity index (χ4v) is 3.79. The Hall–Kier alpha value is -1.40. The van der Waals surface area contributed by atoms with E-state index in [2.05, 4.69) is 0 Å². The van der Waals surface area contributed by atoms with Gasteiger partial charge in [0.05, 0.1) is 18.0 Å². The number of Topliss-reactive ketones (excluding diaryl/α,β-unsaturated/α-hetero) is 1. The van der Waals surface area contributed by atoms with Crippen molar-refractivity contribution in [3.8, 4) is 0 Å². The Balaban J connectivity index is 2.46. The molecule has 2 rings (SSSR count). The van der Waals surface area contributed by atoms with Crippen molar-refractivity contribution in [2.45, 2.75) is 32.4 Å². The van der Waals surface area contributed by atoms with Crippen molar-refractivity contribution >= 4 is 21.5 Å². The van der Waals surface area contributed by atoms with Gasteiger partial charge in [-0.15, -0.1) is 0 Å². The third kappa shape index (κ3) is 2.50. The van der Waals surface area contributed by atoms with Crippen LogP contribution in [0.1, 0.15) is 29.8 Å². The summed E-state index contributed by atoms with van der Waals surface area (Å²) in [7, 11) is -3.29. The molecule has 1 heterocycles. The van der Waals surface area contributed by atoms with Gasteiger partial charge < -0.3 is 5.73 Å². The van der Waals surface area contributed by atoms with E-state index in [-0.39, 0.29) is 11.8 Å². The Labute approximate surface area is 113 Å². The van der Waals surface area contributed by atoms with Crippen molar-refractivity contribution < 1.29 is 13.2 Å². The Kier molecular flexibility index (Phi) is 3.40. The number of anilines is 1. The molecule has 0 radical (unpaired) electrons. The van der Waals surface area contributed by atoms with Crippen LogP contribution in [0.5, 0.6) is 0 Å². The molecule has 0 saturated heterocycles. The second-order valence-corrected chi connectivity index (χ2v) is 6.97. The van der Waals surface area contributed by atoms with Crippen LogP contribution in [0.15, 0.2) is 18.2 Å². The monoisotopic (exact) mass is 282 g/mol. The fourth-order valence-electron chi connectivity index (χ4n) is 2.52. The van der Waals surface area contributed by atoms with Gasteiger partial charge in [-0.2, -0.15) is 0 Å². The van der Waals surface area contributed by atoms with Crippen LogP contribution in [0, 0.1) is 0 Å². The molecule has 0 bridgehead atoms. The zero-order valence-corrected chi connectivity index (χ0v) is 12.1. The molecule has 2 N–H and O–H groups in total. The number of nitrogens with zero attached hydrogens (tertiary/aromatic N) is 1. The second-order valence-electron chi connectivity index (χ2n) is 5.11. The highest BCUT2D eigenvalue weighted by Crippen LogP contribution is 2.34. The van der Waals surface area contributed by atoms with Gasteiger partial charge in [-0.3, -0.25) is 9.10 Å².